The monoisotopic (exact) mass is 496 g/mol. The first-order chi connectivity index (χ1) is 17.9. The summed E-state index contributed by atoms with van der Waals surface area (Å²) in [6, 6.07) is 21.0. The van der Waals surface area contributed by atoms with Crippen LogP contribution in [0.2, 0.25) is 0 Å². The number of anilines is 3. The maximum Gasteiger partial charge on any atom is 0.323 e. The lowest BCUT2D eigenvalue weighted by atomic mass is 10.1. The number of non-ortho nitro benzene ring substituents is 1. The quantitative estimate of drug-likeness (QED) is 0.170. The molecule has 1 aliphatic heterocycles. The van der Waals surface area contributed by atoms with E-state index in [2.05, 4.69) is 16.0 Å². The minimum atomic E-state index is -0.474. The first-order valence-electron chi connectivity index (χ1n) is 11.1. The highest BCUT2D eigenvalue weighted by molar-refractivity contribution is 6.35. The van der Waals surface area contributed by atoms with Gasteiger partial charge in [0.15, 0.2) is 0 Å². The van der Waals surface area contributed by atoms with Crippen LogP contribution in [0.15, 0.2) is 83.3 Å². The number of urea groups is 1. The molecule has 1 aromatic heterocycles. The molecule has 3 aromatic carbocycles. The molecule has 0 fully saturated rings. The van der Waals surface area contributed by atoms with Crippen molar-refractivity contribution in [3.63, 3.8) is 0 Å². The topological polar surface area (TPSA) is 136 Å². The fourth-order valence-electron chi connectivity index (χ4n) is 3.88. The summed E-state index contributed by atoms with van der Waals surface area (Å²) in [5.74, 6) is 1.19. The number of fused-ring (bicyclic) bond motifs is 1. The van der Waals surface area contributed by atoms with Crippen molar-refractivity contribution in [2.45, 2.75) is 0 Å². The van der Waals surface area contributed by atoms with Crippen LogP contribution in [0, 0.1) is 10.1 Å². The Morgan fingerprint density at radius 3 is 2.51 bits per heavy atom. The van der Waals surface area contributed by atoms with Gasteiger partial charge in [0.25, 0.3) is 11.6 Å². The average molecular weight is 496 g/mol. The molecule has 0 saturated carbocycles. The molecule has 2 heterocycles. The van der Waals surface area contributed by atoms with Gasteiger partial charge in [-0.05, 0) is 60.7 Å². The number of amides is 3. The Morgan fingerprint density at radius 1 is 1.00 bits per heavy atom. The molecule has 0 aliphatic carbocycles. The third kappa shape index (κ3) is 5.03. The van der Waals surface area contributed by atoms with Gasteiger partial charge in [0.2, 0.25) is 0 Å². The van der Waals surface area contributed by atoms with E-state index in [0.29, 0.717) is 51.0 Å². The Labute approximate surface area is 210 Å². The van der Waals surface area contributed by atoms with E-state index < -0.39 is 11.0 Å². The SMILES string of the molecule is COc1ccc(NC(=O)Nc2ccc3c(c2)/C(=C\c2ccc(-c4cccc([N+](=O)[O-])c4)o2)C(=O)N3)cc1. The van der Waals surface area contributed by atoms with Crippen molar-refractivity contribution >= 4 is 46.3 Å². The van der Waals surface area contributed by atoms with E-state index in [9.17, 15) is 19.7 Å². The van der Waals surface area contributed by atoms with Gasteiger partial charge in [-0.2, -0.15) is 0 Å². The fraction of sp³-hybridized carbons (Fsp3) is 0.0370. The second kappa shape index (κ2) is 9.70. The third-order valence-electron chi connectivity index (χ3n) is 5.66. The van der Waals surface area contributed by atoms with Crippen molar-refractivity contribution in [2.24, 2.45) is 0 Å². The van der Waals surface area contributed by atoms with Gasteiger partial charge in [0.05, 0.1) is 17.6 Å². The number of ether oxygens (including phenoxy) is 1. The summed E-state index contributed by atoms with van der Waals surface area (Å²) < 4.78 is 11.0. The van der Waals surface area contributed by atoms with Crippen LogP contribution in [0.5, 0.6) is 5.75 Å². The Morgan fingerprint density at radius 2 is 1.76 bits per heavy atom. The highest BCUT2D eigenvalue weighted by atomic mass is 16.6. The smallest absolute Gasteiger partial charge is 0.323 e. The predicted octanol–water partition coefficient (Wildman–Crippen LogP) is 6.00. The number of nitrogens with zero attached hydrogens (tertiary/aromatic N) is 1. The third-order valence-corrected chi connectivity index (χ3v) is 5.66. The Balaban J connectivity index is 1.35. The molecule has 3 amide bonds. The number of benzene rings is 3. The number of nitro groups is 1. The van der Waals surface area contributed by atoms with E-state index >= 15 is 0 Å². The van der Waals surface area contributed by atoms with Crippen LogP contribution in [0.3, 0.4) is 0 Å². The molecule has 0 saturated heterocycles. The Hall–Kier alpha value is -5.38. The van der Waals surface area contributed by atoms with Crippen LogP contribution in [0.25, 0.3) is 23.0 Å². The molecule has 0 bridgehead atoms. The van der Waals surface area contributed by atoms with Gasteiger partial charge in [-0.15, -0.1) is 0 Å². The van der Waals surface area contributed by atoms with Crippen LogP contribution in [0.4, 0.5) is 27.5 Å². The molecule has 184 valence electrons. The number of nitrogens with one attached hydrogen (secondary N) is 3. The number of nitro benzene ring substituents is 1. The summed E-state index contributed by atoms with van der Waals surface area (Å²) in [5.41, 5.74) is 3.13. The van der Waals surface area contributed by atoms with Crippen molar-refractivity contribution in [3.05, 3.63) is 100 Å². The summed E-state index contributed by atoms with van der Waals surface area (Å²) in [5, 5.41) is 19.4. The standard InChI is InChI=1S/C27H20N4O6/c1-36-20-8-5-17(6-9-20)28-27(33)29-18-7-11-24-22(14-18)23(26(32)30-24)15-21-10-12-25(37-21)16-3-2-4-19(13-16)31(34)35/h2-15H,1H3,(H,30,32)(H2,28,29,33)/b23-15+. The Kier molecular flexibility index (Phi) is 6.13. The van der Waals surface area contributed by atoms with Gasteiger partial charge in [-0.3, -0.25) is 14.9 Å². The first kappa shape index (κ1) is 23.4. The average Bonchev–Trinajstić information content (AvgIpc) is 3.49. The molecular formula is C27H20N4O6. The van der Waals surface area contributed by atoms with E-state index in [-0.39, 0.29) is 11.6 Å². The molecule has 0 unspecified atom stereocenters. The van der Waals surface area contributed by atoms with Crippen LogP contribution in [0.1, 0.15) is 11.3 Å². The zero-order valence-electron chi connectivity index (χ0n) is 19.5. The summed E-state index contributed by atoms with van der Waals surface area (Å²) in [4.78, 5) is 35.7. The Bertz CT molecular complexity index is 1560. The zero-order chi connectivity index (χ0) is 25.9. The summed E-state index contributed by atoms with van der Waals surface area (Å²) in [7, 11) is 1.56. The van der Waals surface area contributed by atoms with Gasteiger partial charge >= 0.3 is 6.03 Å². The molecule has 10 nitrogen and oxygen atoms in total. The van der Waals surface area contributed by atoms with E-state index in [4.69, 9.17) is 9.15 Å². The van der Waals surface area contributed by atoms with E-state index in [1.807, 2.05) is 0 Å². The van der Waals surface area contributed by atoms with Gasteiger partial charge in [-0.1, -0.05) is 12.1 Å². The maximum absolute atomic E-state index is 12.7. The molecular weight excluding hydrogens is 476 g/mol. The molecule has 1 aliphatic rings. The highest BCUT2D eigenvalue weighted by Crippen LogP contribution is 2.36. The van der Waals surface area contributed by atoms with Crippen LogP contribution in [-0.2, 0) is 4.79 Å². The molecule has 4 aromatic rings. The number of hydrogen-bond acceptors (Lipinski definition) is 6. The largest absolute Gasteiger partial charge is 0.497 e. The van der Waals surface area contributed by atoms with Gasteiger partial charge < -0.3 is 25.1 Å². The summed E-state index contributed by atoms with van der Waals surface area (Å²) in [6.07, 6.45) is 1.59. The number of carbonyl (C=O) groups is 2. The molecule has 0 spiro atoms. The lowest BCUT2D eigenvalue weighted by Crippen LogP contribution is -2.19. The fourth-order valence-corrected chi connectivity index (χ4v) is 3.88. The second-order valence-electron chi connectivity index (χ2n) is 8.09. The lowest BCUT2D eigenvalue weighted by molar-refractivity contribution is -0.384. The van der Waals surface area contributed by atoms with Gasteiger partial charge in [0.1, 0.15) is 17.3 Å². The molecule has 0 atom stereocenters. The van der Waals surface area contributed by atoms with Gasteiger partial charge in [-0.25, -0.2) is 4.79 Å². The molecule has 5 rings (SSSR count). The minimum Gasteiger partial charge on any atom is -0.497 e. The van der Waals surface area contributed by atoms with E-state index in [1.54, 1.807) is 79.9 Å². The van der Waals surface area contributed by atoms with Crippen LogP contribution in [-0.4, -0.2) is 24.0 Å². The van der Waals surface area contributed by atoms with E-state index in [0.717, 1.165) is 0 Å². The summed E-state index contributed by atoms with van der Waals surface area (Å²) in [6.45, 7) is 0. The predicted molar refractivity (Wildman–Crippen MR) is 139 cm³/mol. The van der Waals surface area contributed by atoms with Crippen molar-refractivity contribution in [2.75, 3.05) is 23.1 Å². The molecule has 0 radical (unpaired) electrons. The van der Waals surface area contributed by atoms with Crippen molar-refractivity contribution in [1.29, 1.82) is 0 Å². The minimum absolute atomic E-state index is 0.0473. The first-order valence-corrected chi connectivity index (χ1v) is 11.1. The summed E-state index contributed by atoms with van der Waals surface area (Å²) >= 11 is 0. The number of methoxy groups -OCH3 is 1. The molecule has 3 N–H and O–H groups in total. The van der Waals surface area contributed by atoms with Gasteiger partial charge in [0, 0.05) is 40.3 Å². The number of furan rings is 1. The van der Waals surface area contributed by atoms with Crippen molar-refractivity contribution in [3.8, 4) is 17.1 Å². The second-order valence-corrected chi connectivity index (χ2v) is 8.09. The zero-order valence-corrected chi connectivity index (χ0v) is 19.5. The van der Waals surface area contributed by atoms with Crippen molar-refractivity contribution in [1.82, 2.24) is 0 Å². The number of hydrogen-bond donors (Lipinski definition) is 3. The van der Waals surface area contributed by atoms with Crippen LogP contribution >= 0.6 is 0 Å². The normalized spacial score (nSPS) is 13.1. The number of carbonyl (C=O) groups excluding carboxylic acids is 2. The molecule has 10 heteroatoms. The number of rotatable bonds is 6. The maximum atomic E-state index is 12.7. The van der Waals surface area contributed by atoms with Crippen LogP contribution < -0.4 is 20.7 Å². The van der Waals surface area contributed by atoms with Crippen molar-refractivity contribution < 1.29 is 23.7 Å². The van der Waals surface area contributed by atoms with E-state index in [1.165, 1.54) is 12.1 Å². The highest BCUT2D eigenvalue weighted by Gasteiger charge is 2.25. The molecule has 37 heavy (non-hydrogen) atoms. The lowest BCUT2D eigenvalue weighted by Gasteiger charge is -2.09.